The Morgan fingerprint density at radius 3 is 2.53 bits per heavy atom. The maximum atomic E-state index is 13.6. The molecule has 0 spiro atoms. The van der Waals surface area contributed by atoms with Crippen LogP contribution in [0.5, 0.6) is 0 Å². The Bertz CT molecular complexity index is 1250. The summed E-state index contributed by atoms with van der Waals surface area (Å²) >= 11 is 0. The van der Waals surface area contributed by atoms with E-state index in [4.69, 9.17) is 5.73 Å². The molecule has 188 valence electrons. The summed E-state index contributed by atoms with van der Waals surface area (Å²) in [6.07, 6.45) is -2.35. The zero-order chi connectivity index (χ0) is 25.9. The van der Waals surface area contributed by atoms with Crippen LogP contribution in [0.1, 0.15) is 35.2 Å². The van der Waals surface area contributed by atoms with Crippen LogP contribution in [0.25, 0.3) is 0 Å². The second-order valence-corrected chi connectivity index (χ2v) is 8.55. The largest absolute Gasteiger partial charge is 0.421 e. The van der Waals surface area contributed by atoms with Crippen LogP contribution in [-0.2, 0) is 11.0 Å². The van der Waals surface area contributed by atoms with Gasteiger partial charge in [0.1, 0.15) is 11.4 Å². The Morgan fingerprint density at radius 2 is 1.83 bits per heavy atom. The van der Waals surface area contributed by atoms with Crippen LogP contribution in [0.4, 0.5) is 36.3 Å². The summed E-state index contributed by atoms with van der Waals surface area (Å²) in [7, 11) is 1.65. The van der Waals surface area contributed by atoms with Crippen molar-refractivity contribution in [3.05, 3.63) is 71.9 Å². The van der Waals surface area contributed by atoms with Crippen LogP contribution in [0.3, 0.4) is 0 Å². The van der Waals surface area contributed by atoms with Crippen molar-refractivity contribution in [2.75, 3.05) is 22.6 Å². The summed E-state index contributed by atoms with van der Waals surface area (Å²) in [6, 6.07) is 15.0. The number of amides is 2. The molecule has 1 fully saturated rings. The molecule has 4 rings (SSSR count). The molecule has 0 radical (unpaired) electrons. The number of alkyl halides is 3. The fourth-order valence-electron chi connectivity index (χ4n) is 4.23. The number of anilines is 4. The van der Waals surface area contributed by atoms with Gasteiger partial charge < -0.3 is 21.3 Å². The highest BCUT2D eigenvalue weighted by Crippen LogP contribution is 2.36. The van der Waals surface area contributed by atoms with Crippen molar-refractivity contribution in [2.45, 2.75) is 31.5 Å². The Labute approximate surface area is 205 Å². The number of nitrogens with two attached hydrogens (primary N) is 1. The molecule has 0 bridgehead atoms. The van der Waals surface area contributed by atoms with Crippen LogP contribution in [0.2, 0.25) is 0 Å². The predicted molar refractivity (Wildman–Crippen MR) is 130 cm³/mol. The average Bonchev–Trinajstić information content (AvgIpc) is 3.32. The number of rotatable bonds is 7. The monoisotopic (exact) mass is 498 g/mol. The van der Waals surface area contributed by atoms with E-state index in [2.05, 4.69) is 20.6 Å². The van der Waals surface area contributed by atoms with Crippen LogP contribution >= 0.6 is 0 Å². The first-order valence-electron chi connectivity index (χ1n) is 11.3. The van der Waals surface area contributed by atoms with Crippen molar-refractivity contribution in [3.8, 4) is 0 Å². The summed E-state index contributed by atoms with van der Waals surface area (Å²) < 4.78 is 40.9. The summed E-state index contributed by atoms with van der Waals surface area (Å²) in [5.74, 6) is -1.94. The number of hydrogen-bond donors (Lipinski definition) is 3. The van der Waals surface area contributed by atoms with Crippen molar-refractivity contribution in [1.82, 2.24) is 9.97 Å². The predicted octanol–water partition coefficient (Wildman–Crippen LogP) is 4.58. The molecular weight excluding hydrogens is 473 g/mol. The molecule has 11 heteroatoms. The van der Waals surface area contributed by atoms with E-state index in [0.29, 0.717) is 42.4 Å². The SMILES string of the molecule is CN(C(=O)c1cccc(Nc2ncc(C(F)(F)F)c(N[C@@H]3CCC[C@@H]3C(N)=O)n2)c1)c1ccccc1. The lowest BCUT2D eigenvalue weighted by Gasteiger charge is -2.22. The normalized spacial score (nSPS) is 17.4. The van der Waals surface area contributed by atoms with Gasteiger partial charge in [0.2, 0.25) is 11.9 Å². The fourth-order valence-corrected chi connectivity index (χ4v) is 4.23. The van der Waals surface area contributed by atoms with E-state index in [1.54, 1.807) is 43.4 Å². The molecule has 2 atom stereocenters. The van der Waals surface area contributed by atoms with Gasteiger partial charge in [0, 0.05) is 36.2 Å². The molecule has 0 saturated heterocycles. The van der Waals surface area contributed by atoms with E-state index in [1.165, 1.54) is 4.90 Å². The lowest BCUT2D eigenvalue weighted by molar-refractivity contribution is -0.137. The van der Waals surface area contributed by atoms with Gasteiger partial charge >= 0.3 is 6.18 Å². The number of carbonyl (C=O) groups excluding carboxylic acids is 2. The van der Waals surface area contributed by atoms with Gasteiger partial charge in [-0.2, -0.15) is 18.2 Å². The number of nitrogens with one attached hydrogen (secondary N) is 2. The van der Waals surface area contributed by atoms with E-state index in [-0.39, 0.29) is 11.9 Å². The van der Waals surface area contributed by atoms with Crippen LogP contribution < -0.4 is 21.3 Å². The van der Waals surface area contributed by atoms with Crippen LogP contribution in [-0.4, -0.2) is 34.9 Å². The maximum Gasteiger partial charge on any atom is 0.421 e. The molecule has 1 aromatic heterocycles. The first-order valence-corrected chi connectivity index (χ1v) is 11.3. The first-order chi connectivity index (χ1) is 17.1. The zero-order valence-corrected chi connectivity index (χ0v) is 19.4. The van der Waals surface area contributed by atoms with Crippen LogP contribution in [0, 0.1) is 5.92 Å². The summed E-state index contributed by atoms with van der Waals surface area (Å²) in [6.45, 7) is 0. The number of benzene rings is 2. The van der Waals surface area contributed by atoms with Gasteiger partial charge in [0.25, 0.3) is 5.91 Å². The van der Waals surface area contributed by atoms with E-state index in [1.807, 2.05) is 18.2 Å². The topological polar surface area (TPSA) is 113 Å². The minimum atomic E-state index is -4.70. The Kier molecular flexibility index (Phi) is 7.09. The zero-order valence-electron chi connectivity index (χ0n) is 19.4. The van der Waals surface area contributed by atoms with Gasteiger partial charge in [-0.25, -0.2) is 4.98 Å². The van der Waals surface area contributed by atoms with Crippen LogP contribution in [0.15, 0.2) is 60.8 Å². The van der Waals surface area contributed by atoms with Crippen molar-refractivity contribution in [3.63, 3.8) is 0 Å². The minimum Gasteiger partial charge on any atom is -0.369 e. The van der Waals surface area contributed by atoms with E-state index in [0.717, 1.165) is 0 Å². The smallest absolute Gasteiger partial charge is 0.369 e. The highest BCUT2D eigenvalue weighted by atomic mass is 19.4. The molecule has 8 nitrogen and oxygen atoms in total. The lowest BCUT2D eigenvalue weighted by Crippen LogP contribution is -2.35. The standard InChI is InChI=1S/C25H25F3N6O2/c1-34(17-9-3-2-4-10-17)23(36)15-7-5-8-16(13-15)31-24-30-14-19(25(26,27)28)22(33-24)32-20-12-6-11-18(20)21(29)35/h2-5,7-10,13-14,18,20H,6,11-12H2,1H3,(H2,29,35)(H2,30,31,32,33)/t18-,20+/m0/s1. The molecular formula is C25H25F3N6O2. The third kappa shape index (κ3) is 5.56. The molecule has 0 aliphatic heterocycles. The summed E-state index contributed by atoms with van der Waals surface area (Å²) in [5, 5.41) is 5.63. The molecule has 3 aromatic rings. The van der Waals surface area contributed by atoms with Crippen molar-refractivity contribution in [1.29, 1.82) is 0 Å². The molecule has 1 aliphatic rings. The van der Waals surface area contributed by atoms with Gasteiger partial charge in [-0.15, -0.1) is 0 Å². The molecule has 2 aromatic carbocycles. The molecule has 36 heavy (non-hydrogen) atoms. The second-order valence-electron chi connectivity index (χ2n) is 8.55. The molecule has 4 N–H and O–H groups in total. The molecule has 1 aliphatic carbocycles. The van der Waals surface area contributed by atoms with Gasteiger partial charge in [-0.1, -0.05) is 30.7 Å². The Hall–Kier alpha value is -4.15. The molecule has 2 amide bonds. The van der Waals surface area contributed by atoms with Gasteiger partial charge in [-0.05, 0) is 43.2 Å². The van der Waals surface area contributed by atoms with E-state index < -0.39 is 35.4 Å². The quantitative estimate of drug-likeness (QED) is 0.440. The van der Waals surface area contributed by atoms with Crippen molar-refractivity contribution < 1.29 is 22.8 Å². The molecule has 1 heterocycles. The number of nitrogens with zero attached hydrogens (tertiary/aromatic N) is 3. The lowest BCUT2D eigenvalue weighted by atomic mass is 10.0. The van der Waals surface area contributed by atoms with Gasteiger partial charge in [0.15, 0.2) is 0 Å². The second kappa shape index (κ2) is 10.2. The molecule has 1 saturated carbocycles. The van der Waals surface area contributed by atoms with Gasteiger partial charge in [-0.3, -0.25) is 9.59 Å². The third-order valence-electron chi connectivity index (χ3n) is 6.11. The summed E-state index contributed by atoms with van der Waals surface area (Å²) in [4.78, 5) is 34.0. The number of halogens is 3. The summed E-state index contributed by atoms with van der Waals surface area (Å²) in [5.41, 5.74) is 5.87. The average molecular weight is 499 g/mol. The Morgan fingerprint density at radius 1 is 1.08 bits per heavy atom. The number of hydrogen-bond acceptors (Lipinski definition) is 6. The fraction of sp³-hybridized carbons (Fsp3) is 0.280. The third-order valence-corrected chi connectivity index (χ3v) is 6.11. The van der Waals surface area contributed by atoms with E-state index >= 15 is 0 Å². The molecule has 0 unspecified atom stereocenters. The van der Waals surface area contributed by atoms with Crippen molar-refractivity contribution in [2.24, 2.45) is 11.7 Å². The number of carbonyl (C=O) groups is 2. The maximum absolute atomic E-state index is 13.6. The number of para-hydroxylation sites is 1. The highest BCUT2D eigenvalue weighted by molar-refractivity contribution is 6.06. The Balaban J connectivity index is 1.57. The highest BCUT2D eigenvalue weighted by Gasteiger charge is 2.38. The van der Waals surface area contributed by atoms with Gasteiger partial charge in [0.05, 0.1) is 5.92 Å². The number of aromatic nitrogens is 2. The van der Waals surface area contributed by atoms with Crippen molar-refractivity contribution >= 4 is 35.0 Å². The van der Waals surface area contributed by atoms with E-state index in [9.17, 15) is 22.8 Å². The minimum absolute atomic E-state index is 0.0971. The first kappa shape index (κ1) is 25.0. The number of primary amides is 1.